The second-order valence-corrected chi connectivity index (χ2v) is 6.61. The molecular formula is C19H19FN6O3. The predicted molar refractivity (Wildman–Crippen MR) is 105 cm³/mol. The number of aromatic nitrogens is 3. The molecule has 2 aromatic heterocycles. The van der Waals surface area contributed by atoms with Gasteiger partial charge in [0, 0.05) is 23.6 Å². The number of hydrogen-bond donors (Lipinski definition) is 2. The van der Waals surface area contributed by atoms with Crippen molar-refractivity contribution in [3.05, 3.63) is 42.6 Å². The number of halogens is 1. The molecule has 3 heterocycles. The number of rotatable bonds is 4. The van der Waals surface area contributed by atoms with Gasteiger partial charge in [-0.25, -0.2) is 24.1 Å². The van der Waals surface area contributed by atoms with Crippen LogP contribution in [0, 0.1) is 5.82 Å². The summed E-state index contributed by atoms with van der Waals surface area (Å²) in [5.41, 5.74) is 1.76. The largest absolute Gasteiger partial charge is 0.463 e. The average molecular weight is 398 g/mol. The molecular weight excluding hydrogens is 379 g/mol. The molecule has 0 saturated heterocycles. The number of ether oxygens (including phenoxy) is 2. The summed E-state index contributed by atoms with van der Waals surface area (Å²) < 4.78 is 26.4. The predicted octanol–water partition coefficient (Wildman–Crippen LogP) is 3.29. The van der Waals surface area contributed by atoms with Gasteiger partial charge < -0.3 is 14.8 Å². The van der Waals surface area contributed by atoms with E-state index in [2.05, 4.69) is 25.6 Å². The lowest BCUT2D eigenvalue weighted by molar-refractivity contribution is 0.130. The van der Waals surface area contributed by atoms with Crippen molar-refractivity contribution in [3.63, 3.8) is 0 Å². The molecule has 1 aromatic carbocycles. The van der Waals surface area contributed by atoms with Gasteiger partial charge >= 0.3 is 6.09 Å². The molecule has 2 N–H and O–H groups in total. The van der Waals surface area contributed by atoms with Crippen LogP contribution in [0.15, 0.2) is 41.8 Å². The zero-order valence-electron chi connectivity index (χ0n) is 15.8. The van der Waals surface area contributed by atoms with Crippen molar-refractivity contribution < 1.29 is 18.7 Å². The Bertz CT molecular complexity index is 1090. The molecule has 150 valence electrons. The summed E-state index contributed by atoms with van der Waals surface area (Å²) >= 11 is 0. The van der Waals surface area contributed by atoms with Gasteiger partial charge in [0.15, 0.2) is 0 Å². The van der Waals surface area contributed by atoms with E-state index in [1.807, 2.05) is 0 Å². The molecule has 0 aliphatic carbocycles. The number of carbonyl (C=O) groups excluding carboxylic acids is 1. The summed E-state index contributed by atoms with van der Waals surface area (Å²) in [6, 6.07) is 4.97. The molecule has 1 aliphatic rings. The lowest BCUT2D eigenvalue weighted by Gasteiger charge is -2.09. The number of carbonyl (C=O) groups is 1. The Morgan fingerprint density at radius 3 is 2.93 bits per heavy atom. The van der Waals surface area contributed by atoms with Gasteiger partial charge in [0.25, 0.3) is 6.02 Å². The van der Waals surface area contributed by atoms with Crippen LogP contribution in [0.2, 0.25) is 0 Å². The van der Waals surface area contributed by atoms with Crippen molar-refractivity contribution in [1.82, 2.24) is 14.4 Å². The minimum atomic E-state index is -0.580. The number of nitrogens with one attached hydrogen (secondary N) is 2. The Morgan fingerprint density at radius 1 is 1.31 bits per heavy atom. The molecule has 0 bridgehead atoms. The second kappa shape index (κ2) is 7.74. The van der Waals surface area contributed by atoms with E-state index in [0.717, 1.165) is 0 Å². The van der Waals surface area contributed by atoms with Crippen LogP contribution < -0.4 is 10.6 Å². The lowest BCUT2D eigenvalue weighted by Crippen LogP contribution is -2.18. The highest BCUT2D eigenvalue weighted by molar-refractivity contribution is 5.90. The molecule has 10 heteroatoms. The number of amidine groups is 1. The maximum atomic E-state index is 14.4. The molecule has 3 aromatic rings. The van der Waals surface area contributed by atoms with E-state index in [1.54, 1.807) is 42.8 Å². The Morgan fingerprint density at radius 2 is 2.17 bits per heavy atom. The zero-order chi connectivity index (χ0) is 20.4. The van der Waals surface area contributed by atoms with Crippen molar-refractivity contribution in [3.8, 4) is 11.3 Å². The van der Waals surface area contributed by atoms with E-state index in [0.29, 0.717) is 47.6 Å². The number of benzene rings is 1. The first-order valence-corrected chi connectivity index (χ1v) is 9.04. The van der Waals surface area contributed by atoms with E-state index in [-0.39, 0.29) is 6.10 Å². The second-order valence-electron chi connectivity index (χ2n) is 6.61. The summed E-state index contributed by atoms with van der Waals surface area (Å²) in [4.78, 5) is 24.5. The first-order valence-electron chi connectivity index (χ1n) is 9.04. The van der Waals surface area contributed by atoms with Gasteiger partial charge in [-0.3, -0.25) is 9.72 Å². The summed E-state index contributed by atoms with van der Waals surface area (Å²) in [5, 5.41) is 5.60. The van der Waals surface area contributed by atoms with E-state index in [4.69, 9.17) is 9.47 Å². The van der Waals surface area contributed by atoms with Crippen LogP contribution in [0.3, 0.4) is 0 Å². The number of hydrogen-bond acceptors (Lipinski definition) is 7. The molecule has 0 saturated carbocycles. The van der Waals surface area contributed by atoms with Gasteiger partial charge in [-0.05, 0) is 32.0 Å². The average Bonchev–Trinajstić information content (AvgIpc) is 3.31. The lowest BCUT2D eigenvalue weighted by atomic mass is 10.1. The third kappa shape index (κ3) is 4.26. The summed E-state index contributed by atoms with van der Waals surface area (Å²) in [5.74, 6) is -0.0591. The van der Waals surface area contributed by atoms with Crippen LogP contribution in [-0.2, 0) is 9.47 Å². The zero-order valence-corrected chi connectivity index (χ0v) is 15.8. The van der Waals surface area contributed by atoms with Crippen LogP contribution in [0.1, 0.15) is 13.8 Å². The summed E-state index contributed by atoms with van der Waals surface area (Å²) in [6.07, 6.45) is 3.89. The van der Waals surface area contributed by atoms with Crippen LogP contribution in [0.4, 0.5) is 20.6 Å². The SMILES string of the molecule is CC(C)OC(=O)Nc1cnc2nc(-c3cc(NC4=NCCO4)ccc3F)cn2c1. The topological polar surface area (TPSA) is 102 Å². The van der Waals surface area contributed by atoms with Crippen LogP contribution in [-0.4, -0.2) is 45.7 Å². The van der Waals surface area contributed by atoms with Crippen LogP contribution in [0.25, 0.3) is 17.0 Å². The van der Waals surface area contributed by atoms with Crippen molar-refractivity contribution in [2.24, 2.45) is 4.99 Å². The number of nitrogens with zero attached hydrogens (tertiary/aromatic N) is 4. The van der Waals surface area contributed by atoms with Gasteiger partial charge in [0.1, 0.15) is 12.4 Å². The number of fused-ring (bicyclic) bond motifs is 1. The molecule has 0 radical (unpaired) electrons. The number of aliphatic imine (C=N–C) groups is 1. The van der Waals surface area contributed by atoms with Gasteiger partial charge in [0.2, 0.25) is 5.78 Å². The number of anilines is 2. The van der Waals surface area contributed by atoms with Crippen molar-refractivity contribution in [2.75, 3.05) is 23.8 Å². The van der Waals surface area contributed by atoms with Crippen LogP contribution >= 0.6 is 0 Å². The third-order valence-electron chi connectivity index (χ3n) is 3.98. The highest BCUT2D eigenvalue weighted by atomic mass is 19.1. The fourth-order valence-electron chi connectivity index (χ4n) is 2.77. The molecule has 0 spiro atoms. The van der Waals surface area contributed by atoms with Gasteiger partial charge in [-0.1, -0.05) is 0 Å². The third-order valence-corrected chi connectivity index (χ3v) is 3.98. The standard InChI is InChI=1S/C19H19FN6O3/c1-11(2)29-19(27)24-13-8-22-17-25-16(10-26(17)9-13)14-7-12(3-4-15(14)20)23-18-21-5-6-28-18/h3-4,7-11H,5-6H2,1-2H3,(H,21,23)(H,24,27). The van der Waals surface area contributed by atoms with Crippen molar-refractivity contribution in [1.29, 1.82) is 0 Å². The van der Waals surface area contributed by atoms with Gasteiger partial charge in [-0.2, -0.15) is 0 Å². The highest BCUT2D eigenvalue weighted by Crippen LogP contribution is 2.26. The normalized spacial score (nSPS) is 13.3. The molecule has 0 atom stereocenters. The van der Waals surface area contributed by atoms with Gasteiger partial charge in [-0.15, -0.1) is 0 Å². The molecule has 29 heavy (non-hydrogen) atoms. The monoisotopic (exact) mass is 398 g/mol. The molecule has 0 unspecified atom stereocenters. The first-order chi connectivity index (χ1) is 14.0. The summed E-state index contributed by atoms with van der Waals surface area (Å²) in [6.45, 7) is 4.63. The number of imidazole rings is 1. The fourth-order valence-corrected chi connectivity index (χ4v) is 2.77. The Hall–Kier alpha value is -3.69. The van der Waals surface area contributed by atoms with E-state index < -0.39 is 11.9 Å². The van der Waals surface area contributed by atoms with Crippen LogP contribution in [0.5, 0.6) is 0 Å². The fraction of sp³-hybridized carbons (Fsp3) is 0.263. The maximum Gasteiger partial charge on any atom is 0.411 e. The Balaban J connectivity index is 1.59. The highest BCUT2D eigenvalue weighted by Gasteiger charge is 2.14. The molecule has 1 amide bonds. The van der Waals surface area contributed by atoms with E-state index in [1.165, 1.54) is 12.3 Å². The molecule has 9 nitrogen and oxygen atoms in total. The van der Waals surface area contributed by atoms with E-state index >= 15 is 0 Å². The molecule has 4 rings (SSSR count). The minimum absolute atomic E-state index is 0.240. The van der Waals surface area contributed by atoms with Crippen molar-refractivity contribution in [2.45, 2.75) is 20.0 Å². The first kappa shape index (κ1) is 18.7. The quantitative estimate of drug-likeness (QED) is 0.699. The Labute approximate surface area is 165 Å². The number of amides is 1. The maximum absolute atomic E-state index is 14.4. The summed E-state index contributed by atoms with van der Waals surface area (Å²) in [7, 11) is 0. The molecule has 0 fully saturated rings. The van der Waals surface area contributed by atoms with Gasteiger partial charge in [0.05, 0.1) is 30.2 Å². The van der Waals surface area contributed by atoms with E-state index in [9.17, 15) is 9.18 Å². The smallest absolute Gasteiger partial charge is 0.411 e. The minimum Gasteiger partial charge on any atom is -0.463 e. The van der Waals surface area contributed by atoms with Crippen molar-refractivity contribution >= 4 is 29.3 Å². The molecule has 1 aliphatic heterocycles. The Kier molecular flexibility index (Phi) is 4.98.